The lowest BCUT2D eigenvalue weighted by Crippen LogP contribution is -2.27. The first-order chi connectivity index (χ1) is 9.91. The zero-order valence-electron chi connectivity index (χ0n) is 11.0. The van der Waals surface area contributed by atoms with Crippen molar-refractivity contribution in [1.29, 1.82) is 0 Å². The second kappa shape index (κ2) is 5.76. The van der Waals surface area contributed by atoms with Gasteiger partial charge in [-0.3, -0.25) is 19.8 Å². The molecular weight excluding hydrogens is 296 g/mol. The summed E-state index contributed by atoms with van der Waals surface area (Å²) in [5.74, 6) is -0.0585. The van der Waals surface area contributed by atoms with Gasteiger partial charge in [0.2, 0.25) is 0 Å². The van der Waals surface area contributed by atoms with Crippen LogP contribution in [0.3, 0.4) is 0 Å². The van der Waals surface area contributed by atoms with Gasteiger partial charge in [-0.2, -0.15) is 0 Å². The summed E-state index contributed by atoms with van der Waals surface area (Å²) in [6.45, 7) is 0. The predicted octanol–water partition coefficient (Wildman–Crippen LogP) is 2.50. The van der Waals surface area contributed by atoms with Crippen molar-refractivity contribution >= 4 is 34.7 Å². The first kappa shape index (κ1) is 14.7. The summed E-state index contributed by atoms with van der Waals surface area (Å²) in [5.41, 5.74) is 5.02. The van der Waals surface area contributed by atoms with E-state index in [1.54, 1.807) is 18.2 Å². The zero-order chi connectivity index (χ0) is 15.6. The van der Waals surface area contributed by atoms with Crippen LogP contribution in [0.2, 0.25) is 5.02 Å². The number of nitro benzene ring substituents is 1. The Morgan fingerprint density at radius 3 is 2.71 bits per heavy atom. The van der Waals surface area contributed by atoms with Crippen molar-refractivity contribution in [3.8, 4) is 0 Å². The van der Waals surface area contributed by atoms with E-state index in [1.165, 1.54) is 24.2 Å². The Bertz CT molecular complexity index is 706. The number of nitrogen functional groups attached to an aromatic ring is 1. The molecule has 0 unspecified atom stereocenters. The molecule has 21 heavy (non-hydrogen) atoms. The Kier molecular flexibility index (Phi) is 4.04. The number of benzene rings is 1. The van der Waals surface area contributed by atoms with Gasteiger partial charge < -0.3 is 5.73 Å². The second-order valence-corrected chi connectivity index (χ2v) is 4.61. The fourth-order valence-corrected chi connectivity index (χ4v) is 1.94. The Balaban J connectivity index is 2.42. The highest BCUT2D eigenvalue weighted by molar-refractivity contribution is 6.34. The maximum absolute atomic E-state index is 12.3. The molecule has 2 N–H and O–H groups in total. The van der Waals surface area contributed by atoms with E-state index >= 15 is 0 Å². The molecule has 1 heterocycles. The minimum Gasteiger partial charge on any atom is -0.392 e. The fraction of sp³-hybridized carbons (Fsp3) is 0.0769. The van der Waals surface area contributed by atoms with Gasteiger partial charge in [0.05, 0.1) is 9.95 Å². The molecule has 7 nitrogen and oxygen atoms in total. The maximum atomic E-state index is 12.3. The van der Waals surface area contributed by atoms with Gasteiger partial charge in [-0.25, -0.2) is 4.98 Å². The quantitative estimate of drug-likeness (QED) is 0.533. The van der Waals surface area contributed by atoms with Gasteiger partial charge in [0.25, 0.3) is 11.6 Å². The van der Waals surface area contributed by atoms with E-state index in [-0.39, 0.29) is 16.3 Å². The number of amides is 1. The molecule has 1 aromatic heterocycles. The maximum Gasteiger partial charge on any atom is 0.294 e. The molecule has 2 rings (SSSR count). The number of pyridine rings is 1. The number of carbonyl (C=O) groups excluding carboxylic acids is 1. The van der Waals surface area contributed by atoms with Crippen LogP contribution in [0.4, 0.5) is 17.2 Å². The first-order valence-corrected chi connectivity index (χ1v) is 6.22. The normalized spacial score (nSPS) is 10.2. The number of nitrogens with two attached hydrogens (primary N) is 1. The number of hydrogen-bond donors (Lipinski definition) is 1. The number of rotatable bonds is 3. The molecule has 0 bridgehead atoms. The summed E-state index contributed by atoms with van der Waals surface area (Å²) in [6.07, 6.45) is 1.54. The lowest BCUT2D eigenvalue weighted by atomic mass is 10.1. The molecule has 2 aromatic rings. The van der Waals surface area contributed by atoms with Crippen LogP contribution in [0.1, 0.15) is 10.4 Å². The Hall–Kier alpha value is -2.67. The van der Waals surface area contributed by atoms with Crippen molar-refractivity contribution in [3.63, 3.8) is 0 Å². The van der Waals surface area contributed by atoms with Crippen LogP contribution in [-0.2, 0) is 0 Å². The molecular formula is C13H11ClN4O3. The largest absolute Gasteiger partial charge is 0.392 e. The van der Waals surface area contributed by atoms with Gasteiger partial charge in [-0.1, -0.05) is 17.7 Å². The van der Waals surface area contributed by atoms with Gasteiger partial charge in [-0.05, 0) is 18.2 Å². The number of halogens is 1. The van der Waals surface area contributed by atoms with Crippen LogP contribution in [0.25, 0.3) is 0 Å². The third-order valence-electron chi connectivity index (χ3n) is 2.85. The molecule has 108 valence electrons. The smallest absolute Gasteiger partial charge is 0.294 e. The summed E-state index contributed by atoms with van der Waals surface area (Å²) in [4.78, 5) is 27.9. The van der Waals surface area contributed by atoms with Gasteiger partial charge in [0.1, 0.15) is 11.5 Å². The number of nitro groups is 1. The van der Waals surface area contributed by atoms with E-state index in [1.807, 2.05) is 0 Å². The number of carbonyl (C=O) groups is 1. The van der Waals surface area contributed by atoms with Crippen LogP contribution < -0.4 is 10.6 Å². The van der Waals surface area contributed by atoms with E-state index in [0.717, 1.165) is 6.07 Å². The van der Waals surface area contributed by atoms with E-state index < -0.39 is 16.5 Å². The summed E-state index contributed by atoms with van der Waals surface area (Å²) < 4.78 is 0. The minimum atomic E-state index is -0.682. The average Bonchev–Trinajstić information content (AvgIpc) is 2.49. The van der Waals surface area contributed by atoms with Gasteiger partial charge in [0.15, 0.2) is 0 Å². The Labute approximate surface area is 125 Å². The molecule has 8 heteroatoms. The van der Waals surface area contributed by atoms with Crippen molar-refractivity contribution in [1.82, 2.24) is 4.98 Å². The van der Waals surface area contributed by atoms with Crippen LogP contribution in [0.15, 0.2) is 36.5 Å². The Morgan fingerprint density at radius 2 is 2.14 bits per heavy atom. The van der Waals surface area contributed by atoms with Gasteiger partial charge in [-0.15, -0.1) is 0 Å². The highest BCUT2D eigenvalue weighted by Crippen LogP contribution is 2.31. The molecule has 0 radical (unpaired) electrons. The van der Waals surface area contributed by atoms with Crippen LogP contribution in [0, 0.1) is 10.1 Å². The zero-order valence-corrected chi connectivity index (χ0v) is 11.7. The van der Waals surface area contributed by atoms with Crippen molar-refractivity contribution in [2.45, 2.75) is 0 Å². The first-order valence-electron chi connectivity index (χ1n) is 5.84. The molecule has 0 fully saturated rings. The van der Waals surface area contributed by atoms with Crippen LogP contribution >= 0.6 is 11.6 Å². The minimum absolute atomic E-state index is 0.0398. The average molecular weight is 307 g/mol. The second-order valence-electron chi connectivity index (χ2n) is 4.20. The van der Waals surface area contributed by atoms with E-state index in [4.69, 9.17) is 17.3 Å². The van der Waals surface area contributed by atoms with Crippen molar-refractivity contribution in [3.05, 3.63) is 57.2 Å². The van der Waals surface area contributed by atoms with E-state index in [2.05, 4.69) is 4.98 Å². The molecule has 0 aliphatic heterocycles. The lowest BCUT2D eigenvalue weighted by Gasteiger charge is -2.16. The van der Waals surface area contributed by atoms with Gasteiger partial charge in [0, 0.05) is 24.9 Å². The topological polar surface area (TPSA) is 102 Å². The van der Waals surface area contributed by atoms with Crippen molar-refractivity contribution < 1.29 is 9.72 Å². The number of hydrogen-bond acceptors (Lipinski definition) is 5. The molecule has 0 saturated heterocycles. The molecule has 1 aromatic carbocycles. The summed E-state index contributed by atoms with van der Waals surface area (Å²) in [7, 11) is 1.51. The monoisotopic (exact) mass is 306 g/mol. The highest BCUT2D eigenvalue weighted by Gasteiger charge is 2.22. The number of anilines is 2. The predicted molar refractivity (Wildman–Crippen MR) is 79.5 cm³/mol. The lowest BCUT2D eigenvalue weighted by molar-refractivity contribution is -0.383. The highest BCUT2D eigenvalue weighted by atomic mass is 35.5. The SMILES string of the molecule is CN(C(=O)c1cc(Cl)c(N)c([N+](=O)[O-])c1)c1ccccn1. The van der Waals surface area contributed by atoms with Crippen LogP contribution in [0.5, 0.6) is 0 Å². The Morgan fingerprint density at radius 1 is 1.43 bits per heavy atom. The van der Waals surface area contributed by atoms with E-state index in [0.29, 0.717) is 5.82 Å². The third-order valence-corrected chi connectivity index (χ3v) is 3.16. The molecule has 0 atom stereocenters. The summed E-state index contributed by atoms with van der Waals surface area (Å²) >= 11 is 5.84. The van der Waals surface area contributed by atoms with Crippen LogP contribution in [-0.4, -0.2) is 22.9 Å². The standard InChI is InChI=1S/C13H11ClN4O3/c1-17(11-4-2-3-5-16-11)13(19)8-6-9(14)12(15)10(7-8)18(20)21/h2-7H,15H2,1H3. The molecule has 0 aliphatic rings. The van der Waals surface area contributed by atoms with E-state index in [9.17, 15) is 14.9 Å². The van der Waals surface area contributed by atoms with Crippen molar-refractivity contribution in [2.24, 2.45) is 0 Å². The fourth-order valence-electron chi connectivity index (χ4n) is 1.73. The molecule has 1 amide bonds. The third kappa shape index (κ3) is 2.92. The number of nitrogens with zero attached hydrogens (tertiary/aromatic N) is 3. The van der Waals surface area contributed by atoms with Crippen molar-refractivity contribution in [2.75, 3.05) is 17.7 Å². The summed E-state index contributed by atoms with van der Waals surface area (Å²) in [5, 5.41) is 10.9. The summed E-state index contributed by atoms with van der Waals surface area (Å²) in [6, 6.07) is 7.48. The number of aromatic nitrogens is 1. The molecule has 0 spiro atoms. The molecule has 0 aliphatic carbocycles. The van der Waals surface area contributed by atoms with Gasteiger partial charge >= 0.3 is 0 Å². The molecule has 0 saturated carbocycles.